The summed E-state index contributed by atoms with van der Waals surface area (Å²) in [6, 6.07) is 7.88. The maximum Gasteiger partial charge on any atom is 0.257 e. The van der Waals surface area contributed by atoms with Gasteiger partial charge < -0.3 is 14.8 Å². The van der Waals surface area contributed by atoms with Gasteiger partial charge in [0.25, 0.3) is 5.91 Å². The van der Waals surface area contributed by atoms with E-state index in [0.29, 0.717) is 32.6 Å². The zero-order valence-electron chi connectivity index (χ0n) is 22.1. The summed E-state index contributed by atoms with van der Waals surface area (Å²) in [5, 5.41) is 13.8. The van der Waals surface area contributed by atoms with Crippen molar-refractivity contribution >= 4 is 63.0 Å². The van der Waals surface area contributed by atoms with Crippen LogP contribution >= 0.6 is 35.3 Å². The van der Waals surface area contributed by atoms with E-state index in [1.807, 2.05) is 18.2 Å². The van der Waals surface area contributed by atoms with Crippen molar-refractivity contribution in [1.82, 2.24) is 29.6 Å². The highest BCUT2D eigenvalue weighted by atomic mass is 35.5. The molecule has 0 radical (unpaired) electrons. The fourth-order valence-corrected chi connectivity index (χ4v) is 6.43. The Morgan fingerprint density at radius 3 is 2.76 bits per heavy atom. The lowest BCUT2D eigenvalue weighted by atomic mass is 10.0. The Hall–Kier alpha value is -3.58. The summed E-state index contributed by atoms with van der Waals surface area (Å²) in [6.07, 6.45) is 3.69. The Kier molecular flexibility index (Phi) is 7.88. The zero-order valence-corrected chi connectivity index (χ0v) is 24.5. The minimum atomic E-state index is -1.06. The molecule has 1 unspecified atom stereocenters. The molecule has 0 saturated carbocycles. The van der Waals surface area contributed by atoms with Crippen LogP contribution < -0.4 is 15.5 Å². The van der Waals surface area contributed by atoms with Crippen LogP contribution in [-0.2, 0) is 17.8 Å². The maximum absolute atomic E-state index is 15.5. The van der Waals surface area contributed by atoms with Crippen LogP contribution in [0.2, 0.25) is 5.02 Å². The summed E-state index contributed by atoms with van der Waals surface area (Å²) < 4.78 is 32.9. The van der Waals surface area contributed by atoms with Gasteiger partial charge in [-0.3, -0.25) is 14.8 Å². The summed E-state index contributed by atoms with van der Waals surface area (Å²) >= 11 is 7.93. The highest BCUT2D eigenvalue weighted by molar-refractivity contribution is 7.13. The molecule has 2 N–H and O–H groups in total. The van der Waals surface area contributed by atoms with Gasteiger partial charge in [-0.25, -0.2) is 18.7 Å². The number of carbonyl (C=O) groups is 1. The van der Waals surface area contributed by atoms with E-state index in [4.69, 9.17) is 11.6 Å². The van der Waals surface area contributed by atoms with Crippen LogP contribution in [0.15, 0.2) is 54.4 Å². The number of nitrogens with zero attached hydrogens (tertiary/aromatic N) is 6. The first-order valence-electron chi connectivity index (χ1n) is 13.3. The lowest BCUT2D eigenvalue weighted by Gasteiger charge is -2.30. The summed E-state index contributed by atoms with van der Waals surface area (Å²) in [4.78, 5) is 24.4. The van der Waals surface area contributed by atoms with E-state index in [1.165, 1.54) is 34.6 Å². The Labute approximate surface area is 254 Å². The summed E-state index contributed by atoms with van der Waals surface area (Å²) in [6.45, 7) is 3.68. The number of anilines is 2. The molecular formula is C28H26Cl2F2N8OS. The number of thiazole rings is 1. The molecule has 14 heteroatoms. The second-order valence-electron chi connectivity index (χ2n) is 10.2. The van der Waals surface area contributed by atoms with Gasteiger partial charge in [-0.1, -0.05) is 17.7 Å². The molecule has 5 heterocycles. The molecule has 0 bridgehead atoms. The van der Waals surface area contributed by atoms with Crippen LogP contribution in [0.4, 0.5) is 19.6 Å². The third kappa shape index (κ3) is 5.24. The van der Waals surface area contributed by atoms with Gasteiger partial charge in [0.05, 0.1) is 40.2 Å². The molecule has 218 valence electrons. The van der Waals surface area contributed by atoms with E-state index in [-0.39, 0.29) is 30.8 Å². The Morgan fingerprint density at radius 1 is 1.17 bits per heavy atom. The number of alkyl halides is 1. The molecule has 1 fully saturated rings. The van der Waals surface area contributed by atoms with Crippen molar-refractivity contribution in [2.24, 2.45) is 0 Å². The average molecular weight is 632 g/mol. The Balaban J connectivity index is 0.00000316. The van der Waals surface area contributed by atoms with Crippen molar-refractivity contribution < 1.29 is 13.6 Å². The molecule has 2 aliphatic heterocycles. The van der Waals surface area contributed by atoms with Crippen LogP contribution in [0.1, 0.15) is 17.4 Å². The van der Waals surface area contributed by atoms with E-state index in [0.717, 1.165) is 37.4 Å². The van der Waals surface area contributed by atoms with Crippen molar-refractivity contribution in [2.45, 2.75) is 25.2 Å². The number of hydrogen-bond acceptors (Lipinski definition) is 7. The second-order valence-corrected chi connectivity index (χ2v) is 11.5. The number of hydrogen-bond donors (Lipinski definition) is 2. The molecule has 42 heavy (non-hydrogen) atoms. The first-order valence-corrected chi connectivity index (χ1v) is 14.5. The molecule has 2 aromatic carbocycles. The topological polar surface area (TPSA) is 92.9 Å². The predicted octanol–water partition coefficient (Wildman–Crippen LogP) is 5.10. The fourth-order valence-electron chi connectivity index (χ4n) is 5.59. The maximum atomic E-state index is 15.5. The number of carbonyl (C=O) groups excluding carboxylic acids is 1. The predicted molar refractivity (Wildman–Crippen MR) is 162 cm³/mol. The molecule has 0 spiro atoms. The molecule has 3 aromatic heterocycles. The number of piperazine rings is 1. The molecule has 7 rings (SSSR count). The highest BCUT2D eigenvalue weighted by Crippen LogP contribution is 2.35. The van der Waals surface area contributed by atoms with Crippen LogP contribution in [0, 0.1) is 5.82 Å². The van der Waals surface area contributed by atoms with Gasteiger partial charge in [0.1, 0.15) is 12.0 Å². The number of benzene rings is 2. The number of nitrogens with one attached hydrogen (secondary N) is 2. The molecule has 9 nitrogen and oxygen atoms in total. The van der Waals surface area contributed by atoms with Gasteiger partial charge in [-0.05, 0) is 35.4 Å². The normalized spacial score (nSPS) is 17.2. The van der Waals surface area contributed by atoms with Gasteiger partial charge in [-0.2, -0.15) is 5.10 Å². The molecular weight excluding hydrogens is 605 g/mol. The van der Waals surface area contributed by atoms with Crippen molar-refractivity contribution in [1.29, 1.82) is 0 Å². The number of amides is 1. The minimum Gasteiger partial charge on any atom is -0.368 e. The van der Waals surface area contributed by atoms with Crippen LogP contribution in [-0.4, -0.2) is 62.6 Å². The Bertz CT molecular complexity index is 1750. The standard InChI is InChI=1S/C28H25ClF2N8OS.ClH/c29-20-9-16(1-2-23(20)37-6-3-32-4-7-37)17-10-21(31)19-14-39(36-22(19)11-17)26(27(40)35-28-33-5-8-41-28)25-24-12-18(30)13-38(24)15-34-25;/h1-2,5,8-11,14-15,18,26,32H,3-4,6-7,12-13H2,(H,33,35,40);1H/t18-,26?;/m1./s1. The minimum absolute atomic E-state index is 0. The Morgan fingerprint density at radius 2 is 2.00 bits per heavy atom. The van der Waals surface area contributed by atoms with Gasteiger partial charge >= 0.3 is 0 Å². The number of aromatic nitrogens is 5. The number of fused-ring (bicyclic) bond motifs is 2. The van der Waals surface area contributed by atoms with E-state index in [1.54, 1.807) is 22.2 Å². The van der Waals surface area contributed by atoms with E-state index < -0.39 is 23.9 Å². The van der Waals surface area contributed by atoms with Crippen molar-refractivity contribution in [3.63, 3.8) is 0 Å². The zero-order chi connectivity index (χ0) is 28.1. The van der Waals surface area contributed by atoms with Crippen LogP contribution in [0.3, 0.4) is 0 Å². The SMILES string of the molecule is Cl.O=C(Nc1nccs1)C(c1ncn2c1C[C@@H](F)C2)n1cc2c(F)cc(-c3ccc(N4CCNCC4)c(Cl)c3)cc2n1. The monoisotopic (exact) mass is 630 g/mol. The molecule has 0 aliphatic carbocycles. The molecule has 1 saturated heterocycles. The fraction of sp³-hybridized carbons (Fsp3) is 0.286. The van der Waals surface area contributed by atoms with Crippen LogP contribution in [0.5, 0.6) is 0 Å². The number of imidazole rings is 1. The first-order chi connectivity index (χ1) is 19.9. The lowest BCUT2D eigenvalue weighted by molar-refractivity contribution is -0.118. The quantitative estimate of drug-likeness (QED) is 0.271. The smallest absolute Gasteiger partial charge is 0.257 e. The second kappa shape index (κ2) is 11.6. The third-order valence-corrected chi connectivity index (χ3v) is 8.54. The molecule has 2 aliphatic rings. The number of rotatable bonds is 6. The average Bonchev–Trinajstić information content (AvgIpc) is 3.76. The van der Waals surface area contributed by atoms with Gasteiger partial charge in [0, 0.05) is 56.1 Å². The van der Waals surface area contributed by atoms with E-state index in [9.17, 15) is 9.18 Å². The van der Waals surface area contributed by atoms with E-state index in [2.05, 4.69) is 30.6 Å². The molecule has 2 atom stereocenters. The van der Waals surface area contributed by atoms with Crippen molar-refractivity contribution in [3.05, 3.63) is 76.7 Å². The molecule has 5 aromatic rings. The third-order valence-electron chi connectivity index (χ3n) is 7.55. The van der Waals surface area contributed by atoms with Gasteiger partial charge in [0.15, 0.2) is 11.2 Å². The van der Waals surface area contributed by atoms with E-state index >= 15 is 4.39 Å². The lowest BCUT2D eigenvalue weighted by Crippen LogP contribution is -2.43. The summed E-state index contributed by atoms with van der Waals surface area (Å²) in [7, 11) is 0. The summed E-state index contributed by atoms with van der Waals surface area (Å²) in [5.74, 6) is -0.934. The molecule has 1 amide bonds. The van der Waals surface area contributed by atoms with Crippen LogP contribution in [0.25, 0.3) is 22.0 Å². The largest absolute Gasteiger partial charge is 0.368 e. The first kappa shape index (κ1) is 28.5. The van der Waals surface area contributed by atoms with Gasteiger partial charge in [0.2, 0.25) is 0 Å². The summed E-state index contributed by atoms with van der Waals surface area (Å²) in [5.41, 5.74) is 3.68. The van der Waals surface area contributed by atoms with Crippen molar-refractivity contribution in [2.75, 3.05) is 36.4 Å². The highest BCUT2D eigenvalue weighted by Gasteiger charge is 2.34. The van der Waals surface area contributed by atoms with Gasteiger partial charge in [-0.15, -0.1) is 23.7 Å². The number of halogens is 4. The van der Waals surface area contributed by atoms with Crippen molar-refractivity contribution in [3.8, 4) is 11.1 Å².